The molecular formula is C15H27NO3. The van der Waals surface area contributed by atoms with Crippen LogP contribution >= 0.6 is 0 Å². The number of carbonyl (C=O) groups excluding carboxylic acids is 1. The number of unbranched alkanes of at least 4 members (excludes halogenated alkanes) is 1. The topological polar surface area (TPSA) is 57.6 Å². The van der Waals surface area contributed by atoms with E-state index in [-0.39, 0.29) is 11.8 Å². The fraction of sp³-hybridized carbons (Fsp3) is 0.867. The Morgan fingerprint density at radius 1 is 1.26 bits per heavy atom. The number of carbonyl (C=O) groups is 2. The predicted molar refractivity (Wildman–Crippen MR) is 74.9 cm³/mol. The van der Waals surface area contributed by atoms with Crippen LogP contribution in [0, 0.1) is 11.3 Å². The summed E-state index contributed by atoms with van der Waals surface area (Å²) in [5.74, 6) is -0.393. The molecule has 0 aromatic carbocycles. The molecule has 110 valence electrons. The highest BCUT2D eigenvalue weighted by molar-refractivity contribution is 5.80. The Balaban J connectivity index is 2.54. The molecule has 1 heterocycles. The lowest BCUT2D eigenvalue weighted by molar-refractivity contribution is -0.153. The largest absolute Gasteiger partial charge is 0.481 e. The zero-order chi connectivity index (χ0) is 14.5. The summed E-state index contributed by atoms with van der Waals surface area (Å²) in [6.45, 7) is 7.15. The molecule has 0 aromatic heterocycles. The van der Waals surface area contributed by atoms with Gasteiger partial charge in [-0.05, 0) is 32.6 Å². The molecule has 1 aliphatic heterocycles. The lowest BCUT2D eigenvalue weighted by Gasteiger charge is -2.37. The number of piperidine rings is 1. The number of likely N-dealkylation sites (tertiary alicyclic amines) is 1. The van der Waals surface area contributed by atoms with Gasteiger partial charge in [0.2, 0.25) is 5.91 Å². The second-order valence-corrected chi connectivity index (χ2v) is 5.94. The normalized spacial score (nSPS) is 20.1. The molecule has 1 unspecified atom stereocenters. The molecule has 1 N–H and O–H groups in total. The molecule has 0 saturated carbocycles. The molecule has 1 saturated heterocycles. The third-order valence-corrected chi connectivity index (χ3v) is 4.44. The molecule has 1 aliphatic rings. The van der Waals surface area contributed by atoms with Crippen LogP contribution in [-0.2, 0) is 9.59 Å². The molecule has 1 amide bonds. The minimum Gasteiger partial charge on any atom is -0.481 e. The van der Waals surface area contributed by atoms with Crippen LogP contribution in [0.3, 0.4) is 0 Å². The first-order valence-electron chi connectivity index (χ1n) is 7.46. The summed E-state index contributed by atoms with van der Waals surface area (Å²) in [4.78, 5) is 25.4. The summed E-state index contributed by atoms with van der Waals surface area (Å²) in [6.07, 6.45) is 5.17. The van der Waals surface area contributed by atoms with Gasteiger partial charge in [0.15, 0.2) is 0 Å². The number of nitrogens with zero attached hydrogens (tertiary/aromatic N) is 1. The van der Waals surface area contributed by atoms with E-state index < -0.39 is 11.4 Å². The second kappa shape index (κ2) is 6.92. The lowest BCUT2D eigenvalue weighted by Crippen LogP contribution is -2.47. The molecule has 4 heteroatoms. The number of carboxylic acid groups (broad SMARTS) is 1. The maximum atomic E-state index is 12.4. The Hall–Kier alpha value is -1.06. The van der Waals surface area contributed by atoms with Crippen LogP contribution in [0.5, 0.6) is 0 Å². The number of amides is 1. The first-order valence-corrected chi connectivity index (χ1v) is 7.46. The van der Waals surface area contributed by atoms with Crippen LogP contribution in [0.1, 0.15) is 59.3 Å². The molecule has 1 fully saturated rings. The predicted octanol–water partition coefficient (Wildman–Crippen LogP) is 2.92. The summed E-state index contributed by atoms with van der Waals surface area (Å²) in [5, 5.41) is 9.19. The van der Waals surface area contributed by atoms with Crippen molar-refractivity contribution in [3.05, 3.63) is 0 Å². The van der Waals surface area contributed by atoms with E-state index in [1.807, 2.05) is 4.90 Å². The third-order valence-electron chi connectivity index (χ3n) is 4.44. The van der Waals surface area contributed by atoms with Crippen molar-refractivity contribution in [2.75, 3.05) is 13.1 Å². The molecule has 0 aromatic rings. The standard InChI is InChI=1S/C15H27NO3/c1-4-6-7-12(5-2)13(17)16-10-8-15(3,9-11-16)14(18)19/h12H,4-11H2,1-3H3,(H,18,19). The van der Waals surface area contributed by atoms with Crippen LogP contribution in [0.4, 0.5) is 0 Å². The Labute approximate surface area is 116 Å². The molecule has 19 heavy (non-hydrogen) atoms. The van der Waals surface area contributed by atoms with Gasteiger partial charge in [0.25, 0.3) is 0 Å². The molecule has 0 radical (unpaired) electrons. The zero-order valence-electron chi connectivity index (χ0n) is 12.4. The average molecular weight is 269 g/mol. The summed E-state index contributed by atoms with van der Waals surface area (Å²) in [5.41, 5.74) is -0.651. The first kappa shape index (κ1) is 16.0. The van der Waals surface area contributed by atoms with Crippen molar-refractivity contribution >= 4 is 11.9 Å². The number of hydrogen-bond acceptors (Lipinski definition) is 2. The van der Waals surface area contributed by atoms with Gasteiger partial charge >= 0.3 is 5.97 Å². The Morgan fingerprint density at radius 3 is 2.26 bits per heavy atom. The molecule has 0 bridgehead atoms. The maximum absolute atomic E-state index is 12.4. The zero-order valence-corrected chi connectivity index (χ0v) is 12.4. The van der Waals surface area contributed by atoms with E-state index in [1.54, 1.807) is 6.92 Å². The van der Waals surface area contributed by atoms with Crippen LogP contribution in [0.15, 0.2) is 0 Å². The van der Waals surface area contributed by atoms with Gasteiger partial charge in [0.05, 0.1) is 5.41 Å². The SMILES string of the molecule is CCCCC(CC)C(=O)N1CCC(C)(C(=O)O)CC1. The third kappa shape index (κ3) is 3.95. The van der Waals surface area contributed by atoms with Gasteiger partial charge < -0.3 is 10.0 Å². The first-order chi connectivity index (χ1) is 8.94. The van der Waals surface area contributed by atoms with Gasteiger partial charge in [-0.1, -0.05) is 26.7 Å². The van der Waals surface area contributed by atoms with Crippen molar-refractivity contribution in [2.45, 2.75) is 59.3 Å². The molecule has 4 nitrogen and oxygen atoms in total. The number of rotatable bonds is 6. The summed E-state index contributed by atoms with van der Waals surface area (Å²) in [7, 11) is 0. The maximum Gasteiger partial charge on any atom is 0.309 e. The van der Waals surface area contributed by atoms with Crippen LogP contribution < -0.4 is 0 Å². The van der Waals surface area contributed by atoms with Crippen molar-refractivity contribution in [1.82, 2.24) is 4.90 Å². The van der Waals surface area contributed by atoms with E-state index in [2.05, 4.69) is 13.8 Å². The van der Waals surface area contributed by atoms with Gasteiger partial charge in [0, 0.05) is 19.0 Å². The minimum atomic E-state index is -0.738. The van der Waals surface area contributed by atoms with Gasteiger partial charge in [-0.25, -0.2) is 0 Å². The van der Waals surface area contributed by atoms with Crippen molar-refractivity contribution in [3.63, 3.8) is 0 Å². The molecule has 1 rings (SSSR count). The van der Waals surface area contributed by atoms with Crippen molar-refractivity contribution in [3.8, 4) is 0 Å². The van der Waals surface area contributed by atoms with E-state index in [0.29, 0.717) is 25.9 Å². The summed E-state index contributed by atoms with van der Waals surface area (Å²) < 4.78 is 0. The van der Waals surface area contributed by atoms with Crippen LogP contribution in [0.2, 0.25) is 0 Å². The van der Waals surface area contributed by atoms with Gasteiger partial charge in [-0.3, -0.25) is 9.59 Å². The fourth-order valence-electron chi connectivity index (χ4n) is 2.65. The van der Waals surface area contributed by atoms with E-state index in [1.165, 1.54) is 0 Å². The lowest BCUT2D eigenvalue weighted by atomic mass is 9.80. The van der Waals surface area contributed by atoms with Gasteiger partial charge in [-0.15, -0.1) is 0 Å². The van der Waals surface area contributed by atoms with E-state index in [0.717, 1.165) is 25.7 Å². The Kier molecular flexibility index (Phi) is 5.83. The quantitative estimate of drug-likeness (QED) is 0.806. The van der Waals surface area contributed by atoms with E-state index >= 15 is 0 Å². The summed E-state index contributed by atoms with van der Waals surface area (Å²) >= 11 is 0. The Morgan fingerprint density at radius 2 is 1.84 bits per heavy atom. The van der Waals surface area contributed by atoms with Crippen LogP contribution in [-0.4, -0.2) is 35.0 Å². The number of hydrogen-bond donors (Lipinski definition) is 1. The van der Waals surface area contributed by atoms with Gasteiger partial charge in [0.1, 0.15) is 0 Å². The van der Waals surface area contributed by atoms with Crippen molar-refractivity contribution in [1.29, 1.82) is 0 Å². The molecule has 0 spiro atoms. The fourth-order valence-corrected chi connectivity index (χ4v) is 2.65. The molecule has 0 aliphatic carbocycles. The Bertz CT molecular complexity index is 319. The van der Waals surface area contributed by atoms with E-state index in [4.69, 9.17) is 0 Å². The second-order valence-electron chi connectivity index (χ2n) is 5.94. The highest BCUT2D eigenvalue weighted by Gasteiger charge is 2.38. The minimum absolute atomic E-state index is 0.120. The van der Waals surface area contributed by atoms with Crippen molar-refractivity contribution in [2.24, 2.45) is 11.3 Å². The molecule has 1 atom stereocenters. The van der Waals surface area contributed by atoms with Crippen molar-refractivity contribution < 1.29 is 14.7 Å². The summed E-state index contributed by atoms with van der Waals surface area (Å²) in [6, 6.07) is 0. The van der Waals surface area contributed by atoms with E-state index in [9.17, 15) is 14.7 Å². The number of carboxylic acids is 1. The van der Waals surface area contributed by atoms with Gasteiger partial charge in [-0.2, -0.15) is 0 Å². The number of aliphatic carboxylic acids is 1. The average Bonchev–Trinajstić information content (AvgIpc) is 2.40. The highest BCUT2D eigenvalue weighted by Crippen LogP contribution is 2.32. The smallest absolute Gasteiger partial charge is 0.309 e. The van der Waals surface area contributed by atoms with Crippen LogP contribution in [0.25, 0.3) is 0 Å². The highest BCUT2D eigenvalue weighted by atomic mass is 16.4. The monoisotopic (exact) mass is 269 g/mol. The molecular weight excluding hydrogens is 242 g/mol.